The Morgan fingerprint density at radius 3 is 2.57 bits per heavy atom. The third-order valence-corrected chi connectivity index (χ3v) is 7.76. The highest BCUT2D eigenvalue weighted by Gasteiger charge is 2.48. The molecule has 1 amide bonds. The Balaban J connectivity index is 1.41. The summed E-state index contributed by atoms with van der Waals surface area (Å²) in [5.74, 6) is 0.316. The highest BCUT2D eigenvalue weighted by atomic mass is 32.2. The van der Waals surface area contributed by atoms with Crippen LogP contribution >= 0.6 is 0 Å². The van der Waals surface area contributed by atoms with Gasteiger partial charge in [0.2, 0.25) is 15.9 Å². The number of nitrogens with zero attached hydrogens (tertiary/aromatic N) is 2. The molecule has 3 atom stereocenters. The molecule has 6 nitrogen and oxygen atoms in total. The van der Waals surface area contributed by atoms with Crippen LogP contribution in [0, 0.1) is 17.8 Å². The number of fused-ring (bicyclic) bond motifs is 3. The standard InChI is InChI=1S/C16H23N3O3S/c1-19-9-12(8-17-19)13-7-14(13)16(20)18-23(21,22)15-6-10-2-4-11(15)5-3-10/h8-11,13-15H,2-7H2,1H3,(H,18,20)/t10?,11?,13-,14+,15?/m1/s1. The van der Waals surface area contributed by atoms with Crippen LogP contribution in [0.2, 0.25) is 0 Å². The quantitative estimate of drug-likeness (QED) is 0.904. The Labute approximate surface area is 136 Å². The fourth-order valence-corrected chi connectivity index (χ4v) is 6.36. The number of carbonyl (C=O) groups is 1. The summed E-state index contributed by atoms with van der Waals surface area (Å²) in [7, 11) is -1.70. The van der Waals surface area contributed by atoms with Gasteiger partial charge in [-0.1, -0.05) is 12.8 Å². The van der Waals surface area contributed by atoms with Crippen LogP contribution in [0.5, 0.6) is 0 Å². The third kappa shape index (κ3) is 2.79. The molecule has 126 valence electrons. The summed E-state index contributed by atoms with van der Waals surface area (Å²) < 4.78 is 29.3. The van der Waals surface area contributed by atoms with E-state index in [0.717, 1.165) is 37.7 Å². The van der Waals surface area contributed by atoms with Gasteiger partial charge in [-0.15, -0.1) is 0 Å². The van der Waals surface area contributed by atoms with E-state index < -0.39 is 10.0 Å². The van der Waals surface area contributed by atoms with E-state index in [1.54, 1.807) is 10.9 Å². The molecule has 0 saturated heterocycles. The Hall–Kier alpha value is -1.37. The fraction of sp³-hybridized carbons (Fsp3) is 0.750. The molecule has 23 heavy (non-hydrogen) atoms. The topological polar surface area (TPSA) is 81.1 Å². The Morgan fingerprint density at radius 1 is 1.26 bits per heavy atom. The van der Waals surface area contributed by atoms with Crippen molar-refractivity contribution >= 4 is 15.9 Å². The van der Waals surface area contributed by atoms with Gasteiger partial charge in [0.05, 0.1) is 11.4 Å². The van der Waals surface area contributed by atoms with E-state index in [1.165, 1.54) is 0 Å². The van der Waals surface area contributed by atoms with E-state index in [1.807, 2.05) is 13.2 Å². The fourth-order valence-electron chi connectivity index (χ4n) is 4.47. The lowest BCUT2D eigenvalue weighted by Gasteiger charge is -2.41. The van der Waals surface area contributed by atoms with Crippen molar-refractivity contribution in [3.05, 3.63) is 18.0 Å². The van der Waals surface area contributed by atoms with Gasteiger partial charge in [-0.2, -0.15) is 5.10 Å². The third-order valence-electron chi connectivity index (χ3n) is 5.90. The first-order valence-electron chi connectivity index (χ1n) is 8.48. The van der Waals surface area contributed by atoms with Crippen molar-refractivity contribution in [3.63, 3.8) is 0 Å². The second-order valence-electron chi connectivity index (χ2n) is 7.46. The number of amides is 1. The lowest BCUT2D eigenvalue weighted by molar-refractivity contribution is -0.120. The predicted octanol–water partition coefficient (Wildman–Crippen LogP) is 1.55. The van der Waals surface area contributed by atoms with Crippen LogP contribution in [-0.2, 0) is 21.9 Å². The van der Waals surface area contributed by atoms with Crippen LogP contribution in [0.25, 0.3) is 0 Å². The van der Waals surface area contributed by atoms with Gasteiger partial charge in [-0.05, 0) is 49.0 Å². The Morgan fingerprint density at radius 2 is 2.00 bits per heavy atom. The summed E-state index contributed by atoms with van der Waals surface area (Å²) in [4.78, 5) is 12.3. The van der Waals surface area contributed by atoms with Gasteiger partial charge < -0.3 is 0 Å². The summed E-state index contributed by atoms with van der Waals surface area (Å²) >= 11 is 0. The van der Waals surface area contributed by atoms with Gasteiger partial charge in [0, 0.05) is 19.2 Å². The van der Waals surface area contributed by atoms with Crippen LogP contribution in [0.3, 0.4) is 0 Å². The zero-order valence-electron chi connectivity index (χ0n) is 13.3. The molecule has 1 unspecified atom stereocenters. The maximum atomic E-state index is 12.6. The van der Waals surface area contributed by atoms with Gasteiger partial charge in [0.15, 0.2) is 0 Å². The minimum absolute atomic E-state index is 0.113. The monoisotopic (exact) mass is 337 g/mol. The number of carbonyl (C=O) groups excluding carboxylic acids is 1. The summed E-state index contributed by atoms with van der Waals surface area (Å²) in [6.07, 6.45) is 9.37. The van der Waals surface area contributed by atoms with Crippen molar-refractivity contribution in [3.8, 4) is 0 Å². The van der Waals surface area contributed by atoms with E-state index in [9.17, 15) is 13.2 Å². The Bertz CT molecular complexity index is 719. The first-order chi connectivity index (χ1) is 10.9. The first kappa shape index (κ1) is 15.2. The van der Waals surface area contributed by atoms with Crippen molar-refractivity contribution in [2.75, 3.05) is 0 Å². The molecule has 0 aromatic carbocycles. The minimum Gasteiger partial charge on any atom is -0.276 e. The molecule has 1 aromatic rings. The maximum absolute atomic E-state index is 12.6. The number of sulfonamides is 1. The summed E-state index contributed by atoms with van der Waals surface area (Å²) in [6, 6.07) is 0. The largest absolute Gasteiger partial charge is 0.276 e. The van der Waals surface area contributed by atoms with Crippen molar-refractivity contribution in [2.24, 2.45) is 24.8 Å². The molecule has 1 aromatic heterocycles. The SMILES string of the molecule is Cn1cc([C@H]2C[C@@H]2C(=O)NS(=O)(=O)C2CC3CCC2CC3)cn1. The van der Waals surface area contributed by atoms with Gasteiger partial charge in [-0.3, -0.25) is 14.2 Å². The molecule has 1 heterocycles. The minimum atomic E-state index is -3.54. The zero-order valence-corrected chi connectivity index (χ0v) is 14.1. The summed E-state index contributed by atoms with van der Waals surface area (Å²) in [5, 5.41) is 3.75. The molecule has 4 saturated carbocycles. The smallest absolute Gasteiger partial charge is 0.238 e. The molecule has 2 bridgehead atoms. The van der Waals surface area contributed by atoms with Crippen LogP contribution < -0.4 is 4.72 Å². The summed E-state index contributed by atoms with van der Waals surface area (Å²) in [5.41, 5.74) is 1.02. The molecule has 1 N–H and O–H groups in total. The Kier molecular flexibility index (Phi) is 3.51. The second-order valence-corrected chi connectivity index (χ2v) is 9.36. The van der Waals surface area contributed by atoms with E-state index in [-0.39, 0.29) is 28.9 Å². The van der Waals surface area contributed by atoms with Gasteiger partial charge in [0.25, 0.3) is 0 Å². The van der Waals surface area contributed by atoms with E-state index in [2.05, 4.69) is 9.82 Å². The lowest BCUT2D eigenvalue weighted by atomic mass is 9.70. The number of aryl methyl sites for hydroxylation is 1. The summed E-state index contributed by atoms with van der Waals surface area (Å²) in [6.45, 7) is 0. The van der Waals surface area contributed by atoms with Crippen LogP contribution in [-0.4, -0.2) is 29.4 Å². The molecule has 7 heteroatoms. The molecule has 0 radical (unpaired) electrons. The normalized spacial score (nSPS) is 36.0. The van der Waals surface area contributed by atoms with E-state index >= 15 is 0 Å². The average Bonchev–Trinajstić information content (AvgIpc) is 3.23. The molecule has 0 aliphatic heterocycles. The van der Waals surface area contributed by atoms with Gasteiger partial charge >= 0.3 is 0 Å². The highest BCUT2D eigenvalue weighted by Crippen LogP contribution is 2.48. The number of hydrogen-bond donors (Lipinski definition) is 1. The van der Waals surface area contributed by atoms with Crippen molar-refractivity contribution in [1.29, 1.82) is 0 Å². The van der Waals surface area contributed by atoms with Crippen molar-refractivity contribution < 1.29 is 13.2 Å². The van der Waals surface area contributed by atoms with Crippen molar-refractivity contribution in [2.45, 2.75) is 49.7 Å². The number of rotatable bonds is 4. The molecular formula is C16H23N3O3S. The van der Waals surface area contributed by atoms with Crippen molar-refractivity contribution in [1.82, 2.24) is 14.5 Å². The highest BCUT2D eigenvalue weighted by molar-refractivity contribution is 7.90. The van der Waals surface area contributed by atoms with Gasteiger partial charge in [-0.25, -0.2) is 8.42 Å². The molecule has 0 spiro atoms. The van der Waals surface area contributed by atoms with Crippen LogP contribution in [0.1, 0.15) is 50.0 Å². The van der Waals surface area contributed by atoms with Crippen LogP contribution in [0.4, 0.5) is 0 Å². The predicted molar refractivity (Wildman–Crippen MR) is 85.0 cm³/mol. The number of hydrogen-bond acceptors (Lipinski definition) is 4. The molecule has 4 aliphatic rings. The average molecular weight is 337 g/mol. The van der Waals surface area contributed by atoms with E-state index in [4.69, 9.17) is 0 Å². The second kappa shape index (κ2) is 5.33. The molecular weight excluding hydrogens is 314 g/mol. The lowest BCUT2D eigenvalue weighted by Crippen LogP contribution is -2.47. The number of nitrogens with one attached hydrogen (secondary N) is 1. The molecule has 4 aliphatic carbocycles. The van der Waals surface area contributed by atoms with Crippen LogP contribution in [0.15, 0.2) is 12.4 Å². The first-order valence-corrected chi connectivity index (χ1v) is 10.0. The molecule has 4 fully saturated rings. The molecule has 5 rings (SSSR count). The maximum Gasteiger partial charge on any atom is 0.238 e. The number of aromatic nitrogens is 2. The zero-order chi connectivity index (χ0) is 16.2. The van der Waals surface area contributed by atoms with Gasteiger partial charge in [0.1, 0.15) is 0 Å². The van der Waals surface area contributed by atoms with E-state index in [0.29, 0.717) is 12.3 Å².